The summed E-state index contributed by atoms with van der Waals surface area (Å²) in [5.74, 6) is -0.472. The van der Waals surface area contributed by atoms with E-state index in [1.165, 1.54) is 0 Å². The number of halogens is 6. The summed E-state index contributed by atoms with van der Waals surface area (Å²) in [6.45, 7) is 0. The Morgan fingerprint density at radius 3 is 2.38 bits per heavy atom. The van der Waals surface area contributed by atoms with E-state index in [9.17, 15) is 18.0 Å². The smallest absolute Gasteiger partial charge is 0.293 e. The molecule has 0 heterocycles. The highest BCUT2D eigenvalue weighted by Crippen LogP contribution is 2.36. The van der Waals surface area contributed by atoms with Crippen molar-refractivity contribution < 1.29 is 18.0 Å². The second-order valence-corrected chi connectivity index (χ2v) is 4.64. The van der Waals surface area contributed by atoms with Crippen molar-refractivity contribution in [1.82, 2.24) is 0 Å². The molecule has 0 amide bonds. The zero-order chi connectivity index (χ0) is 12.5. The Hall–Kier alpha value is -0.0700. The Balaban J connectivity index is 3.39. The van der Waals surface area contributed by atoms with Crippen LogP contribution in [0.25, 0.3) is 0 Å². The van der Waals surface area contributed by atoms with Crippen LogP contribution in [0, 0.1) is 0 Å². The molecule has 0 unspecified atom stereocenters. The average Bonchev–Trinajstić information content (AvgIpc) is 2.19. The van der Waals surface area contributed by atoms with Gasteiger partial charge in [-0.2, -0.15) is 13.2 Å². The number of benzene rings is 1. The van der Waals surface area contributed by atoms with E-state index in [0.29, 0.717) is 0 Å². The molecule has 1 aromatic carbocycles. The van der Waals surface area contributed by atoms with E-state index in [4.69, 9.17) is 11.6 Å². The normalized spacial score (nSPS) is 11.6. The summed E-state index contributed by atoms with van der Waals surface area (Å²) < 4.78 is 37.5. The first kappa shape index (κ1) is 14.0. The number of carbonyl (C=O) groups excluding carboxylic acids is 1. The highest BCUT2D eigenvalue weighted by Gasteiger charge is 2.32. The Morgan fingerprint density at radius 1 is 1.38 bits per heavy atom. The Labute approximate surface area is 111 Å². The van der Waals surface area contributed by atoms with Crippen molar-refractivity contribution in [3.8, 4) is 0 Å². The molecule has 0 saturated heterocycles. The van der Waals surface area contributed by atoms with Crippen LogP contribution in [-0.4, -0.2) is 11.1 Å². The molecule has 0 aliphatic carbocycles. The zero-order valence-electron chi connectivity index (χ0n) is 7.54. The molecule has 88 valence electrons. The first-order chi connectivity index (χ1) is 7.27. The van der Waals surface area contributed by atoms with E-state index in [1.54, 1.807) is 0 Å². The third kappa shape index (κ3) is 2.99. The van der Waals surface area contributed by atoms with Gasteiger partial charge in [0.15, 0.2) is 5.78 Å². The maximum atomic E-state index is 12.4. The molecule has 1 nitrogen and oxygen atoms in total. The SMILES string of the molecule is O=C(CBr)c1cc(C(F)(F)F)cc(Cl)c1Br. The fourth-order valence-corrected chi connectivity index (χ4v) is 2.00. The molecule has 0 radical (unpaired) electrons. The molecular weight excluding hydrogens is 376 g/mol. The molecule has 0 saturated carbocycles. The van der Waals surface area contributed by atoms with Gasteiger partial charge < -0.3 is 0 Å². The van der Waals surface area contributed by atoms with Gasteiger partial charge in [-0.15, -0.1) is 0 Å². The minimum absolute atomic E-state index is 0.0662. The summed E-state index contributed by atoms with van der Waals surface area (Å²) in [6, 6.07) is 1.55. The van der Waals surface area contributed by atoms with Crippen LogP contribution in [0.15, 0.2) is 16.6 Å². The molecule has 0 N–H and O–H groups in total. The topological polar surface area (TPSA) is 17.1 Å². The standard InChI is InChI=1S/C9H4Br2ClF3O/c10-3-7(16)5-1-4(9(13,14)15)2-6(12)8(5)11/h1-2H,3H2. The van der Waals surface area contributed by atoms with E-state index >= 15 is 0 Å². The van der Waals surface area contributed by atoms with Crippen LogP contribution in [-0.2, 0) is 6.18 Å². The third-order valence-corrected chi connectivity index (χ3v) is 3.67. The summed E-state index contributed by atoms with van der Waals surface area (Å²) >= 11 is 11.5. The summed E-state index contributed by atoms with van der Waals surface area (Å²) in [5, 5.41) is -0.206. The van der Waals surface area contributed by atoms with Crippen LogP contribution in [0.5, 0.6) is 0 Å². The first-order valence-corrected chi connectivity index (χ1v) is 6.22. The van der Waals surface area contributed by atoms with Gasteiger partial charge >= 0.3 is 6.18 Å². The number of hydrogen-bond acceptors (Lipinski definition) is 1. The summed E-state index contributed by atoms with van der Waals surface area (Å²) in [7, 11) is 0. The van der Waals surface area contributed by atoms with E-state index in [-0.39, 0.29) is 20.4 Å². The van der Waals surface area contributed by atoms with Crippen molar-refractivity contribution in [3.63, 3.8) is 0 Å². The number of hydrogen-bond donors (Lipinski definition) is 0. The predicted molar refractivity (Wildman–Crippen MR) is 62.3 cm³/mol. The van der Waals surface area contributed by atoms with Crippen molar-refractivity contribution >= 4 is 49.2 Å². The first-order valence-electron chi connectivity index (χ1n) is 3.92. The summed E-state index contributed by atoms with van der Waals surface area (Å²) in [6.07, 6.45) is -4.52. The minimum atomic E-state index is -4.52. The molecule has 0 aliphatic rings. The largest absolute Gasteiger partial charge is 0.416 e. The van der Waals surface area contributed by atoms with Crippen LogP contribution < -0.4 is 0 Å². The van der Waals surface area contributed by atoms with Crippen molar-refractivity contribution in [2.45, 2.75) is 6.18 Å². The Bertz CT molecular complexity index is 431. The third-order valence-electron chi connectivity index (χ3n) is 1.78. The molecular formula is C9H4Br2ClF3O. The van der Waals surface area contributed by atoms with E-state index in [0.717, 1.165) is 12.1 Å². The van der Waals surface area contributed by atoms with Crippen molar-refractivity contribution in [3.05, 3.63) is 32.8 Å². The van der Waals surface area contributed by atoms with Crippen molar-refractivity contribution in [2.75, 3.05) is 5.33 Å². The molecule has 0 aliphatic heterocycles. The maximum absolute atomic E-state index is 12.4. The number of ketones is 1. The van der Waals surface area contributed by atoms with Gasteiger partial charge in [-0.25, -0.2) is 0 Å². The lowest BCUT2D eigenvalue weighted by Crippen LogP contribution is -2.09. The van der Waals surface area contributed by atoms with E-state index in [1.807, 2.05) is 0 Å². The molecule has 16 heavy (non-hydrogen) atoms. The second-order valence-electron chi connectivity index (χ2n) is 2.87. The molecule has 0 atom stereocenters. The highest BCUT2D eigenvalue weighted by molar-refractivity contribution is 9.10. The second kappa shape index (κ2) is 5.06. The van der Waals surface area contributed by atoms with Gasteiger partial charge in [0.05, 0.1) is 15.9 Å². The van der Waals surface area contributed by atoms with Gasteiger partial charge in [-0.05, 0) is 28.1 Å². The fourth-order valence-electron chi connectivity index (χ4n) is 1.03. The van der Waals surface area contributed by atoms with Gasteiger partial charge in [0.1, 0.15) is 0 Å². The van der Waals surface area contributed by atoms with Crippen LogP contribution in [0.4, 0.5) is 13.2 Å². The lowest BCUT2D eigenvalue weighted by Gasteiger charge is -2.10. The van der Waals surface area contributed by atoms with Crippen LogP contribution >= 0.6 is 43.5 Å². The van der Waals surface area contributed by atoms with Crippen LogP contribution in [0.1, 0.15) is 15.9 Å². The molecule has 0 bridgehead atoms. The number of Topliss-reactive ketones (excluding diaryl/α,β-unsaturated/α-hetero) is 1. The monoisotopic (exact) mass is 378 g/mol. The fraction of sp³-hybridized carbons (Fsp3) is 0.222. The molecule has 1 aromatic rings. The lowest BCUT2D eigenvalue weighted by molar-refractivity contribution is -0.137. The molecule has 1 rings (SSSR count). The number of carbonyl (C=O) groups is 1. The Kier molecular flexibility index (Phi) is 4.42. The van der Waals surface area contributed by atoms with Gasteiger partial charge in [0.2, 0.25) is 0 Å². The van der Waals surface area contributed by atoms with Crippen molar-refractivity contribution in [1.29, 1.82) is 0 Å². The maximum Gasteiger partial charge on any atom is 0.416 e. The van der Waals surface area contributed by atoms with Crippen LogP contribution in [0.2, 0.25) is 5.02 Å². The lowest BCUT2D eigenvalue weighted by atomic mass is 10.1. The molecule has 0 aromatic heterocycles. The Morgan fingerprint density at radius 2 is 1.94 bits per heavy atom. The summed E-state index contributed by atoms with van der Waals surface area (Å²) in [5.41, 5.74) is -1.03. The van der Waals surface area contributed by atoms with Crippen molar-refractivity contribution in [2.24, 2.45) is 0 Å². The molecule has 0 fully saturated rings. The molecule has 7 heteroatoms. The van der Waals surface area contributed by atoms with Gasteiger partial charge in [0.25, 0.3) is 0 Å². The number of rotatable bonds is 2. The van der Waals surface area contributed by atoms with Gasteiger partial charge in [-0.1, -0.05) is 27.5 Å². The average molecular weight is 380 g/mol. The van der Waals surface area contributed by atoms with Gasteiger partial charge in [0, 0.05) is 10.0 Å². The summed E-state index contributed by atoms with van der Waals surface area (Å²) in [4.78, 5) is 11.4. The highest BCUT2D eigenvalue weighted by atomic mass is 79.9. The predicted octanol–water partition coefficient (Wildman–Crippen LogP) is 4.70. The number of alkyl halides is 4. The zero-order valence-corrected chi connectivity index (χ0v) is 11.5. The van der Waals surface area contributed by atoms with E-state index < -0.39 is 17.5 Å². The quantitative estimate of drug-likeness (QED) is 0.537. The minimum Gasteiger partial charge on any atom is -0.293 e. The molecule has 0 spiro atoms. The van der Waals surface area contributed by atoms with Crippen LogP contribution in [0.3, 0.4) is 0 Å². The van der Waals surface area contributed by atoms with Gasteiger partial charge in [-0.3, -0.25) is 4.79 Å². The van der Waals surface area contributed by atoms with E-state index in [2.05, 4.69) is 31.9 Å².